The number of halogens is 1. The number of nitrogens with zero attached hydrogens (tertiary/aromatic N) is 1. The topological polar surface area (TPSA) is 100 Å². The van der Waals surface area contributed by atoms with Gasteiger partial charge in [0.25, 0.3) is 0 Å². The van der Waals surface area contributed by atoms with Crippen LogP contribution in [0.25, 0.3) is 0 Å². The molecule has 0 saturated carbocycles. The van der Waals surface area contributed by atoms with E-state index < -0.39 is 20.7 Å². The van der Waals surface area contributed by atoms with Crippen molar-refractivity contribution in [3.05, 3.63) is 29.8 Å². The van der Waals surface area contributed by atoms with Gasteiger partial charge in [0.15, 0.2) is 15.8 Å². The largest absolute Gasteiger partial charge is 0.491 e. The Bertz CT molecular complexity index is 729. The van der Waals surface area contributed by atoms with Crippen LogP contribution in [0.2, 0.25) is 0 Å². The average molecular weight is 541 g/mol. The van der Waals surface area contributed by atoms with Gasteiger partial charge in [-0.1, -0.05) is 12.1 Å². The van der Waals surface area contributed by atoms with E-state index in [1.807, 2.05) is 45.0 Å². The Morgan fingerprint density at radius 2 is 1.76 bits per heavy atom. The monoisotopic (exact) mass is 541 g/mol. The smallest absolute Gasteiger partial charge is 0.191 e. The summed E-state index contributed by atoms with van der Waals surface area (Å²) in [7, 11) is -3.20. The zero-order valence-electron chi connectivity index (χ0n) is 18.2. The second-order valence-electron chi connectivity index (χ2n) is 7.83. The molecule has 0 heterocycles. The predicted octanol–water partition coefficient (Wildman–Crippen LogP) is 2.89. The van der Waals surface area contributed by atoms with Crippen LogP contribution in [0.5, 0.6) is 5.75 Å². The van der Waals surface area contributed by atoms with Crippen molar-refractivity contribution in [3.8, 4) is 5.75 Å². The third-order valence-corrected chi connectivity index (χ3v) is 6.61. The summed E-state index contributed by atoms with van der Waals surface area (Å²) in [5.74, 6) is 1.25. The van der Waals surface area contributed by atoms with Gasteiger partial charge in [-0.05, 0) is 59.2 Å². The molecule has 0 aliphatic heterocycles. The van der Waals surface area contributed by atoms with Crippen LogP contribution >= 0.6 is 24.0 Å². The highest BCUT2D eigenvalue weighted by molar-refractivity contribution is 14.0. The molecular formula is C20H36IN3O4S. The summed E-state index contributed by atoms with van der Waals surface area (Å²) >= 11 is 0. The van der Waals surface area contributed by atoms with Gasteiger partial charge in [-0.15, -0.1) is 24.0 Å². The molecule has 0 aliphatic carbocycles. The minimum Gasteiger partial charge on any atom is -0.491 e. The van der Waals surface area contributed by atoms with Crippen LogP contribution in [0.15, 0.2) is 29.3 Å². The number of sulfone groups is 1. The van der Waals surface area contributed by atoms with Crippen LogP contribution in [0.1, 0.15) is 53.2 Å². The molecule has 9 heteroatoms. The van der Waals surface area contributed by atoms with E-state index in [4.69, 9.17) is 4.74 Å². The Morgan fingerprint density at radius 3 is 2.24 bits per heavy atom. The molecule has 0 fully saturated rings. The van der Waals surface area contributed by atoms with Crippen molar-refractivity contribution in [1.82, 2.24) is 10.6 Å². The van der Waals surface area contributed by atoms with E-state index in [1.165, 1.54) is 0 Å². The standard InChI is InChI=1S/C20H35N3O4S.HI/c1-7-21-19(22-12-13-28(25,26)20(4,5)6)23-14-18(24)16-8-10-17(11-9-16)27-15(2)3;/h8-11,15,18,24H,7,12-14H2,1-6H3,(H2,21,22,23);1H. The van der Waals surface area contributed by atoms with Crippen LogP contribution < -0.4 is 15.4 Å². The van der Waals surface area contributed by atoms with Crippen LogP contribution in [0.4, 0.5) is 0 Å². The highest BCUT2D eigenvalue weighted by atomic mass is 127. The van der Waals surface area contributed by atoms with Crippen molar-refractivity contribution in [2.24, 2.45) is 4.99 Å². The lowest BCUT2D eigenvalue weighted by Crippen LogP contribution is -2.42. The molecule has 1 aromatic carbocycles. The summed E-state index contributed by atoms with van der Waals surface area (Å²) in [6.07, 6.45) is -0.668. The van der Waals surface area contributed by atoms with Crippen molar-refractivity contribution in [2.45, 2.75) is 58.5 Å². The van der Waals surface area contributed by atoms with E-state index in [2.05, 4.69) is 15.6 Å². The molecule has 1 atom stereocenters. The zero-order chi connectivity index (χ0) is 21.4. The minimum atomic E-state index is -3.20. The first-order valence-corrected chi connectivity index (χ1v) is 11.3. The summed E-state index contributed by atoms with van der Waals surface area (Å²) < 4.78 is 29.2. The Morgan fingerprint density at radius 1 is 1.17 bits per heavy atom. The van der Waals surface area contributed by atoms with E-state index in [-0.39, 0.29) is 48.9 Å². The number of aliphatic hydroxyl groups is 1. The lowest BCUT2D eigenvalue weighted by atomic mass is 10.1. The van der Waals surface area contributed by atoms with Gasteiger partial charge >= 0.3 is 0 Å². The molecule has 1 rings (SSSR count). The number of hydrogen-bond acceptors (Lipinski definition) is 5. The molecule has 0 bridgehead atoms. The Labute approximate surface area is 192 Å². The second kappa shape index (κ2) is 12.6. The normalized spacial score (nSPS) is 13.6. The van der Waals surface area contributed by atoms with Crippen molar-refractivity contribution in [3.63, 3.8) is 0 Å². The third kappa shape index (κ3) is 9.99. The molecule has 0 aromatic heterocycles. The van der Waals surface area contributed by atoms with Crippen LogP contribution in [-0.4, -0.2) is 55.7 Å². The van der Waals surface area contributed by atoms with Gasteiger partial charge in [0, 0.05) is 13.1 Å². The second-order valence-corrected chi connectivity index (χ2v) is 10.7. The summed E-state index contributed by atoms with van der Waals surface area (Å²) in [5.41, 5.74) is 0.742. The quantitative estimate of drug-likeness (QED) is 0.253. The highest BCUT2D eigenvalue weighted by Gasteiger charge is 2.28. The molecule has 0 radical (unpaired) electrons. The van der Waals surface area contributed by atoms with Gasteiger partial charge in [-0.3, -0.25) is 4.99 Å². The van der Waals surface area contributed by atoms with Gasteiger partial charge in [0.05, 0.1) is 29.3 Å². The molecule has 0 aliphatic rings. The van der Waals surface area contributed by atoms with E-state index in [1.54, 1.807) is 20.8 Å². The summed E-state index contributed by atoms with van der Waals surface area (Å²) in [4.78, 5) is 4.36. The average Bonchev–Trinajstić information content (AvgIpc) is 2.58. The molecule has 3 N–H and O–H groups in total. The fourth-order valence-electron chi connectivity index (χ4n) is 2.28. The van der Waals surface area contributed by atoms with Gasteiger partial charge in [-0.25, -0.2) is 8.42 Å². The number of nitrogens with one attached hydrogen (secondary N) is 2. The third-order valence-electron chi connectivity index (χ3n) is 4.00. The first kappa shape index (κ1) is 27.9. The van der Waals surface area contributed by atoms with E-state index in [0.29, 0.717) is 12.5 Å². The van der Waals surface area contributed by atoms with Crippen molar-refractivity contribution in [1.29, 1.82) is 0 Å². The summed E-state index contributed by atoms with van der Waals surface area (Å²) in [5, 5.41) is 16.4. The van der Waals surface area contributed by atoms with E-state index >= 15 is 0 Å². The fourth-order valence-corrected chi connectivity index (χ4v) is 3.26. The lowest BCUT2D eigenvalue weighted by molar-refractivity contribution is 0.186. The van der Waals surface area contributed by atoms with E-state index in [9.17, 15) is 13.5 Å². The van der Waals surface area contributed by atoms with Crippen LogP contribution in [0, 0.1) is 0 Å². The number of rotatable bonds is 9. The highest BCUT2D eigenvalue weighted by Crippen LogP contribution is 2.19. The maximum absolute atomic E-state index is 12.2. The van der Waals surface area contributed by atoms with Crippen LogP contribution in [0.3, 0.4) is 0 Å². The summed E-state index contributed by atoms with van der Waals surface area (Å²) in [6.45, 7) is 12.0. The molecule has 7 nitrogen and oxygen atoms in total. The molecule has 1 aromatic rings. The van der Waals surface area contributed by atoms with Crippen molar-refractivity contribution in [2.75, 3.05) is 25.4 Å². The first-order valence-electron chi connectivity index (χ1n) is 9.65. The van der Waals surface area contributed by atoms with E-state index in [0.717, 1.165) is 11.3 Å². The van der Waals surface area contributed by atoms with Crippen LogP contribution in [-0.2, 0) is 9.84 Å². The van der Waals surface area contributed by atoms with Gasteiger partial charge in [-0.2, -0.15) is 0 Å². The number of benzene rings is 1. The molecule has 168 valence electrons. The predicted molar refractivity (Wildman–Crippen MR) is 130 cm³/mol. The molecular weight excluding hydrogens is 505 g/mol. The number of guanidine groups is 1. The van der Waals surface area contributed by atoms with Gasteiger partial charge in [0.2, 0.25) is 0 Å². The summed E-state index contributed by atoms with van der Waals surface area (Å²) in [6, 6.07) is 7.27. The SMILES string of the molecule is CCNC(=NCC(O)c1ccc(OC(C)C)cc1)NCCS(=O)(=O)C(C)(C)C.I. The molecule has 0 amide bonds. The minimum absolute atomic E-state index is 0. The number of ether oxygens (including phenoxy) is 1. The zero-order valence-corrected chi connectivity index (χ0v) is 21.4. The lowest BCUT2D eigenvalue weighted by Gasteiger charge is -2.20. The Kier molecular flexibility index (Phi) is 12.1. The number of hydrogen-bond donors (Lipinski definition) is 3. The molecule has 29 heavy (non-hydrogen) atoms. The van der Waals surface area contributed by atoms with Crippen molar-refractivity contribution < 1.29 is 18.3 Å². The van der Waals surface area contributed by atoms with Gasteiger partial charge < -0.3 is 20.5 Å². The maximum Gasteiger partial charge on any atom is 0.191 e. The molecule has 0 spiro atoms. The number of aliphatic imine (C=N–C) groups is 1. The Balaban J connectivity index is 0.00000784. The maximum atomic E-state index is 12.2. The Hall–Kier alpha value is -1.07. The molecule has 1 unspecified atom stereocenters. The molecule has 0 saturated heterocycles. The number of aliphatic hydroxyl groups excluding tert-OH is 1. The van der Waals surface area contributed by atoms with Crippen molar-refractivity contribution >= 4 is 39.8 Å². The van der Waals surface area contributed by atoms with Gasteiger partial charge in [0.1, 0.15) is 5.75 Å². The first-order chi connectivity index (χ1) is 13.0. The fraction of sp³-hybridized carbons (Fsp3) is 0.650.